The molecular weight excluding hydrogens is 881 g/mol. The van der Waals surface area contributed by atoms with Crippen LogP contribution in [0.5, 0.6) is 57.5 Å². The zero-order valence-electron chi connectivity index (χ0n) is 37.8. The minimum atomic E-state index is -1.15. The van der Waals surface area contributed by atoms with Crippen LogP contribution in [0.1, 0.15) is 92.0 Å². The Hall–Kier alpha value is -7.36. The summed E-state index contributed by atoms with van der Waals surface area (Å²) in [6.45, 7) is 7.26. The number of aryl methyl sites for hydroxylation is 1. The van der Waals surface area contributed by atoms with Gasteiger partial charge in [0.2, 0.25) is 0 Å². The number of methoxy groups -OCH3 is 4. The Morgan fingerprint density at radius 3 is 1.38 bits per heavy atom. The number of fused-ring (bicyclic) bond motifs is 23. The third-order valence-electron chi connectivity index (χ3n) is 17.0. The van der Waals surface area contributed by atoms with Gasteiger partial charge in [-0.05, 0) is 33.8 Å². The lowest BCUT2D eigenvalue weighted by molar-refractivity contribution is -0.145. The molecular formula is C52H40O16. The first-order valence-electron chi connectivity index (χ1n) is 22.6. The van der Waals surface area contributed by atoms with Crippen LogP contribution in [0.15, 0.2) is 56.3 Å². The molecule has 16 nitrogen and oxygen atoms in total. The van der Waals surface area contributed by atoms with E-state index in [1.165, 1.54) is 40.8 Å². The van der Waals surface area contributed by atoms with Gasteiger partial charge in [-0.15, -0.1) is 0 Å². The number of hydrogen-bond donors (Lipinski definition) is 0. The predicted octanol–water partition coefficient (Wildman–Crippen LogP) is 7.41. The smallest absolute Gasteiger partial charge is 0.196 e. The number of ether oxygens (including phenoxy) is 10. The van der Waals surface area contributed by atoms with Crippen LogP contribution in [0.3, 0.4) is 0 Å². The van der Waals surface area contributed by atoms with Crippen LogP contribution in [-0.2, 0) is 0 Å². The van der Waals surface area contributed by atoms with Gasteiger partial charge in [0, 0.05) is 64.8 Å². The third kappa shape index (κ3) is 3.97. The SMILES string of the molecule is COc1c2c(cc3c1[C@H]1[C@@H](O3)[C@@]3(C)Oc4cc5c(c(OC)c4C(=O)[C@@H]13)[C@H]1[C@@H](O5)[C@@]3(C)Oc4cc5occc5c(OC)c4C(=O)[C@@H]13)O[C@]1(C)[C@@H]3Oc4cc5oc(C)cc(=O)c5c(OC)c4[C@@H]3[C@@H]1C2=O. The number of benzene rings is 4. The molecule has 8 heterocycles. The molecule has 2 aromatic heterocycles. The van der Waals surface area contributed by atoms with E-state index in [2.05, 4.69) is 0 Å². The summed E-state index contributed by atoms with van der Waals surface area (Å²) in [4.78, 5) is 58.6. The lowest BCUT2D eigenvalue weighted by atomic mass is 9.53. The van der Waals surface area contributed by atoms with E-state index < -0.39 is 70.6 Å². The highest BCUT2D eigenvalue weighted by Crippen LogP contribution is 2.72. The second-order valence-electron chi connectivity index (χ2n) is 20.0. The van der Waals surface area contributed by atoms with Gasteiger partial charge in [-0.1, -0.05) is 0 Å². The van der Waals surface area contributed by atoms with E-state index >= 15 is 9.59 Å². The Labute approximate surface area is 385 Å². The molecule has 12 atom stereocenters. The molecule has 0 bridgehead atoms. The van der Waals surface area contributed by atoms with Crippen molar-refractivity contribution in [2.45, 2.75) is 80.6 Å². The summed E-state index contributed by atoms with van der Waals surface area (Å²) in [7, 11) is 5.97. The molecule has 0 spiro atoms. The van der Waals surface area contributed by atoms with Gasteiger partial charge in [0.25, 0.3) is 0 Å². The number of carbonyl (C=O) groups is 3. The molecule has 6 aliphatic heterocycles. The molecule has 4 aromatic carbocycles. The summed E-state index contributed by atoms with van der Waals surface area (Å²) >= 11 is 0. The number of rotatable bonds is 4. The van der Waals surface area contributed by atoms with Crippen molar-refractivity contribution in [2.24, 2.45) is 17.8 Å². The number of Topliss-reactive ketones (excluding diaryl/α,β-unsaturated/α-hetero) is 3. The first kappa shape index (κ1) is 38.7. The van der Waals surface area contributed by atoms with Crippen LogP contribution in [0, 0.1) is 24.7 Å². The van der Waals surface area contributed by atoms with Crippen LogP contribution in [0.25, 0.3) is 21.9 Å². The largest absolute Gasteiger partial charge is 0.495 e. The Balaban J connectivity index is 0.807. The van der Waals surface area contributed by atoms with Gasteiger partial charge in [0.15, 0.2) is 39.6 Å². The molecule has 15 rings (SSSR count). The monoisotopic (exact) mass is 920 g/mol. The van der Waals surface area contributed by atoms with Gasteiger partial charge in [0.05, 0.1) is 57.8 Å². The zero-order valence-corrected chi connectivity index (χ0v) is 37.8. The number of carbonyl (C=O) groups excluding carboxylic acids is 3. The van der Waals surface area contributed by atoms with Gasteiger partial charge in [0.1, 0.15) is 115 Å². The fourth-order valence-corrected chi connectivity index (χ4v) is 14.3. The average molecular weight is 921 g/mol. The van der Waals surface area contributed by atoms with Crippen molar-refractivity contribution in [1.82, 2.24) is 0 Å². The standard InChI is InChI=1S/C52H40O16/c1-16-11-18(53)27-20(62-16)13-21-28(44(27)58-6)34-38-41(55)32-25(67-51(38,3)47(34)63-21)15-23-30(46(32)60-8)36-39-42(56)33-26(68-52(39,4)49(36)65-23)14-22-29(45(33)59-7)35-37-40(54)31-24(66-50(37,2)48(35)64-22)12-19-17(9-10-61-19)43(31)57-5/h9-15,34-39,47-49H,1-8H3/t34-,35-,36-,37-,38-,39-,47-,48-,49-,50+,51+,52+/m1/s1. The molecule has 68 heavy (non-hydrogen) atoms. The van der Waals surface area contributed by atoms with Crippen LogP contribution in [0.4, 0.5) is 0 Å². The van der Waals surface area contributed by atoms with Gasteiger partial charge in [-0.25, -0.2) is 0 Å². The molecule has 0 radical (unpaired) electrons. The summed E-state index contributed by atoms with van der Waals surface area (Å²) in [6.07, 6.45) is -0.301. The molecule has 3 fully saturated rings. The van der Waals surface area contributed by atoms with E-state index in [0.29, 0.717) is 79.1 Å². The molecule has 0 N–H and O–H groups in total. The van der Waals surface area contributed by atoms with Crippen molar-refractivity contribution in [2.75, 3.05) is 28.4 Å². The van der Waals surface area contributed by atoms with Gasteiger partial charge in [-0.3, -0.25) is 19.2 Å². The Bertz CT molecular complexity index is 3550. The maximum absolute atomic E-state index is 15.4. The van der Waals surface area contributed by atoms with E-state index in [-0.39, 0.29) is 62.3 Å². The van der Waals surface area contributed by atoms with E-state index in [4.69, 9.17) is 56.2 Å². The summed E-state index contributed by atoms with van der Waals surface area (Å²) < 4.78 is 75.9. The Morgan fingerprint density at radius 1 is 0.500 bits per heavy atom. The predicted molar refractivity (Wildman–Crippen MR) is 235 cm³/mol. The fourth-order valence-electron chi connectivity index (χ4n) is 14.3. The van der Waals surface area contributed by atoms with Crippen molar-refractivity contribution in [1.29, 1.82) is 0 Å². The highest BCUT2D eigenvalue weighted by molar-refractivity contribution is 6.12. The quantitative estimate of drug-likeness (QED) is 0.170. The minimum Gasteiger partial charge on any atom is -0.495 e. The summed E-state index contributed by atoms with van der Waals surface area (Å²) in [6, 6.07) is 9.97. The maximum atomic E-state index is 15.4. The van der Waals surface area contributed by atoms with Crippen molar-refractivity contribution >= 4 is 39.3 Å². The van der Waals surface area contributed by atoms with Crippen LogP contribution in [0.2, 0.25) is 0 Å². The van der Waals surface area contributed by atoms with Gasteiger partial charge >= 0.3 is 0 Å². The van der Waals surface area contributed by atoms with Crippen LogP contribution in [-0.4, -0.2) is 80.9 Å². The second kappa shape index (κ2) is 11.8. The molecule has 3 aliphatic carbocycles. The first-order valence-corrected chi connectivity index (χ1v) is 22.6. The van der Waals surface area contributed by atoms with E-state index in [9.17, 15) is 9.59 Å². The van der Waals surface area contributed by atoms with Crippen molar-refractivity contribution in [3.8, 4) is 57.5 Å². The van der Waals surface area contributed by atoms with Gasteiger partial charge in [-0.2, -0.15) is 0 Å². The molecule has 0 unspecified atom stereocenters. The average Bonchev–Trinajstić information content (AvgIpc) is 4.07. The van der Waals surface area contributed by atoms with Crippen LogP contribution >= 0.6 is 0 Å². The van der Waals surface area contributed by atoms with E-state index in [1.807, 2.05) is 20.8 Å². The highest BCUT2D eigenvalue weighted by Gasteiger charge is 2.77. The second-order valence-corrected chi connectivity index (χ2v) is 20.0. The number of hydrogen-bond acceptors (Lipinski definition) is 16. The summed E-state index contributed by atoms with van der Waals surface area (Å²) in [5, 5.41) is 0.922. The third-order valence-corrected chi connectivity index (χ3v) is 17.0. The van der Waals surface area contributed by atoms with E-state index in [1.54, 1.807) is 37.3 Å². The number of ketones is 3. The summed E-state index contributed by atoms with van der Waals surface area (Å²) in [5.41, 5.74) is -0.188. The normalized spacial score (nSPS) is 33.6. The van der Waals surface area contributed by atoms with E-state index in [0.717, 1.165) is 0 Å². The van der Waals surface area contributed by atoms with Gasteiger partial charge < -0.3 is 56.2 Å². The number of furan rings is 1. The molecule has 9 aliphatic rings. The molecule has 344 valence electrons. The minimum absolute atomic E-state index is 0.172. The summed E-state index contributed by atoms with van der Waals surface area (Å²) in [5.74, 6) is -0.676. The van der Waals surface area contributed by atoms with Crippen molar-refractivity contribution in [3.63, 3.8) is 0 Å². The topological polar surface area (TPSA) is 187 Å². The van der Waals surface area contributed by atoms with Crippen molar-refractivity contribution in [3.05, 3.63) is 92.0 Å². The lowest BCUT2D eigenvalue weighted by Crippen LogP contribution is -2.71. The molecule has 0 amide bonds. The van der Waals surface area contributed by atoms with Crippen LogP contribution < -0.4 is 52.8 Å². The maximum Gasteiger partial charge on any atom is 0.196 e. The zero-order chi connectivity index (χ0) is 46.6. The molecule has 6 aromatic rings. The fraction of sp³-hybridized carbons (Fsp3) is 0.385. The molecule has 3 saturated carbocycles. The Morgan fingerprint density at radius 2 is 0.912 bits per heavy atom. The first-order chi connectivity index (χ1) is 32.7. The lowest BCUT2D eigenvalue weighted by Gasteiger charge is -2.57. The highest BCUT2D eigenvalue weighted by atomic mass is 16.6. The Kier molecular flexibility index (Phi) is 6.74. The van der Waals surface area contributed by atoms with Crippen molar-refractivity contribution < 1.29 is 70.6 Å². The molecule has 0 saturated heterocycles. The molecule has 16 heteroatoms.